The maximum Gasteiger partial charge on any atom is 0.338 e. The molecule has 0 fully saturated rings. The van der Waals surface area contributed by atoms with Gasteiger partial charge in [-0.2, -0.15) is 0 Å². The fourth-order valence-electron chi connectivity index (χ4n) is 2.18. The van der Waals surface area contributed by atoms with Crippen LogP contribution in [0.3, 0.4) is 0 Å². The number of nitrogens with one attached hydrogen (secondary N) is 1. The number of amides is 1. The van der Waals surface area contributed by atoms with Crippen LogP contribution in [0.2, 0.25) is 0 Å². The van der Waals surface area contributed by atoms with Crippen LogP contribution in [0.1, 0.15) is 25.9 Å². The zero-order chi connectivity index (χ0) is 19.1. The third-order valence-electron chi connectivity index (χ3n) is 3.52. The number of nitrogens with zero attached hydrogens (tertiary/aromatic N) is 1. The molecule has 1 aromatic carbocycles. The first kappa shape index (κ1) is 19.1. The molecule has 0 unspecified atom stereocenters. The first-order valence-electron chi connectivity index (χ1n) is 8.20. The number of thiophene rings is 1. The van der Waals surface area contributed by atoms with E-state index in [4.69, 9.17) is 9.47 Å². The van der Waals surface area contributed by atoms with Gasteiger partial charge in [0.1, 0.15) is 12.4 Å². The van der Waals surface area contributed by atoms with Crippen molar-refractivity contribution in [1.82, 2.24) is 10.3 Å². The quantitative estimate of drug-likeness (QED) is 0.583. The number of carbonyl (C=O) groups is 2. The summed E-state index contributed by atoms with van der Waals surface area (Å²) in [6.07, 6.45) is 0. The number of rotatable bonds is 8. The lowest BCUT2D eigenvalue weighted by Crippen LogP contribution is -2.28. The van der Waals surface area contributed by atoms with Crippen molar-refractivity contribution in [3.05, 3.63) is 68.3 Å². The molecule has 0 bridgehead atoms. The van der Waals surface area contributed by atoms with Gasteiger partial charge >= 0.3 is 5.97 Å². The molecule has 0 aliphatic rings. The molecule has 3 aromatic rings. The largest absolute Gasteiger partial charge is 0.487 e. The number of aromatic nitrogens is 1. The molecular formula is C19H18N2O4S2. The molecule has 140 valence electrons. The Balaban J connectivity index is 1.42. The van der Waals surface area contributed by atoms with Crippen molar-refractivity contribution >= 4 is 34.6 Å². The first-order valence-corrected chi connectivity index (χ1v) is 9.96. The fraction of sp³-hybridized carbons (Fsp3) is 0.211. The van der Waals surface area contributed by atoms with Crippen LogP contribution in [-0.4, -0.2) is 23.5 Å². The fourth-order valence-corrected chi connectivity index (χ4v) is 3.43. The molecule has 0 spiro atoms. The molecule has 8 heteroatoms. The van der Waals surface area contributed by atoms with Gasteiger partial charge in [-0.05, 0) is 42.6 Å². The van der Waals surface area contributed by atoms with E-state index in [0.29, 0.717) is 24.5 Å². The lowest BCUT2D eigenvalue weighted by molar-refractivity contribution is -0.124. The highest BCUT2D eigenvalue weighted by atomic mass is 32.1. The third-order valence-corrected chi connectivity index (χ3v) is 5.22. The van der Waals surface area contributed by atoms with E-state index in [1.807, 2.05) is 29.8 Å². The van der Waals surface area contributed by atoms with Crippen molar-refractivity contribution in [2.24, 2.45) is 0 Å². The summed E-state index contributed by atoms with van der Waals surface area (Å²) in [7, 11) is 0. The van der Waals surface area contributed by atoms with Gasteiger partial charge in [-0.1, -0.05) is 6.07 Å². The van der Waals surface area contributed by atoms with Gasteiger partial charge in [0.05, 0.1) is 22.8 Å². The average Bonchev–Trinajstić information content (AvgIpc) is 3.34. The zero-order valence-electron chi connectivity index (χ0n) is 14.6. The van der Waals surface area contributed by atoms with E-state index in [9.17, 15) is 9.59 Å². The summed E-state index contributed by atoms with van der Waals surface area (Å²) in [4.78, 5) is 29.1. The van der Waals surface area contributed by atoms with Crippen LogP contribution >= 0.6 is 22.7 Å². The molecule has 0 saturated heterocycles. The van der Waals surface area contributed by atoms with Gasteiger partial charge in [0.15, 0.2) is 6.61 Å². The minimum absolute atomic E-state index is 0.314. The van der Waals surface area contributed by atoms with Crippen LogP contribution in [0.25, 0.3) is 0 Å². The highest BCUT2D eigenvalue weighted by Gasteiger charge is 2.10. The first-order chi connectivity index (χ1) is 13.1. The number of hydrogen-bond donors (Lipinski definition) is 1. The second-order valence-corrected chi connectivity index (χ2v) is 7.70. The Hall–Kier alpha value is -2.71. The standard InChI is InChI=1S/C19H18N2O4S2/c1-13-21-15(12-27-13)10-24-16-6-4-14(5-7-16)19(23)25-11-18(22)20-9-17-3-2-8-26-17/h2-8,12H,9-11H2,1H3,(H,20,22). The SMILES string of the molecule is Cc1nc(COc2ccc(C(=O)OCC(=O)NCc3cccs3)cc2)cs1. The van der Waals surface area contributed by atoms with Crippen LogP contribution < -0.4 is 10.1 Å². The number of hydrogen-bond acceptors (Lipinski definition) is 7. The number of benzene rings is 1. The minimum Gasteiger partial charge on any atom is -0.487 e. The van der Waals surface area contributed by atoms with Crippen molar-refractivity contribution in [3.63, 3.8) is 0 Å². The molecule has 27 heavy (non-hydrogen) atoms. The van der Waals surface area contributed by atoms with Crippen LogP contribution in [0.4, 0.5) is 0 Å². The van der Waals surface area contributed by atoms with Gasteiger partial charge in [-0.15, -0.1) is 22.7 Å². The molecule has 3 rings (SSSR count). The van der Waals surface area contributed by atoms with E-state index in [2.05, 4.69) is 10.3 Å². The number of thiazole rings is 1. The Morgan fingerprint density at radius 2 is 1.96 bits per heavy atom. The average molecular weight is 402 g/mol. The normalized spacial score (nSPS) is 10.4. The van der Waals surface area contributed by atoms with Gasteiger partial charge in [0.25, 0.3) is 5.91 Å². The summed E-state index contributed by atoms with van der Waals surface area (Å²) in [5, 5.41) is 7.58. The molecule has 1 N–H and O–H groups in total. The highest BCUT2D eigenvalue weighted by molar-refractivity contribution is 7.10. The molecule has 6 nitrogen and oxygen atoms in total. The summed E-state index contributed by atoms with van der Waals surface area (Å²) in [5.74, 6) is -0.260. The predicted molar refractivity (Wildman–Crippen MR) is 104 cm³/mol. The summed E-state index contributed by atoms with van der Waals surface area (Å²) in [6.45, 7) is 2.43. The molecule has 0 aliphatic heterocycles. The smallest absolute Gasteiger partial charge is 0.338 e. The van der Waals surface area contributed by atoms with Gasteiger partial charge in [0.2, 0.25) is 0 Å². The van der Waals surface area contributed by atoms with Crippen molar-refractivity contribution in [2.75, 3.05) is 6.61 Å². The maximum atomic E-state index is 12.0. The zero-order valence-corrected chi connectivity index (χ0v) is 16.3. The summed E-state index contributed by atoms with van der Waals surface area (Å²) >= 11 is 3.13. The number of esters is 1. The van der Waals surface area contributed by atoms with Crippen LogP contribution in [0.5, 0.6) is 5.75 Å². The monoisotopic (exact) mass is 402 g/mol. The Kier molecular flexibility index (Phi) is 6.56. The van der Waals surface area contributed by atoms with Gasteiger partial charge in [-0.3, -0.25) is 4.79 Å². The minimum atomic E-state index is -0.553. The number of aryl methyl sites for hydroxylation is 1. The van der Waals surface area contributed by atoms with E-state index in [1.165, 1.54) is 0 Å². The van der Waals surface area contributed by atoms with E-state index in [0.717, 1.165) is 15.6 Å². The summed E-state index contributed by atoms with van der Waals surface area (Å²) < 4.78 is 10.7. The Morgan fingerprint density at radius 3 is 2.63 bits per heavy atom. The third kappa shape index (κ3) is 5.90. The van der Waals surface area contributed by atoms with Crippen molar-refractivity contribution in [1.29, 1.82) is 0 Å². The van der Waals surface area contributed by atoms with Gasteiger partial charge in [-0.25, -0.2) is 9.78 Å². The Bertz CT molecular complexity index is 889. The van der Waals surface area contributed by atoms with E-state index >= 15 is 0 Å². The lowest BCUT2D eigenvalue weighted by Gasteiger charge is -2.07. The van der Waals surface area contributed by atoms with Gasteiger partial charge in [0, 0.05) is 10.3 Å². The molecule has 1 amide bonds. The second kappa shape index (κ2) is 9.29. The molecule has 0 aliphatic carbocycles. The maximum absolute atomic E-state index is 12.0. The molecule has 0 radical (unpaired) electrons. The Labute approximate surface area is 164 Å². The second-order valence-electron chi connectivity index (χ2n) is 5.60. The molecule has 0 atom stereocenters. The van der Waals surface area contributed by atoms with Gasteiger partial charge < -0.3 is 14.8 Å². The van der Waals surface area contributed by atoms with Crippen LogP contribution in [0, 0.1) is 6.92 Å². The van der Waals surface area contributed by atoms with Crippen molar-refractivity contribution in [2.45, 2.75) is 20.1 Å². The van der Waals surface area contributed by atoms with E-state index in [-0.39, 0.29) is 12.5 Å². The van der Waals surface area contributed by atoms with Crippen molar-refractivity contribution < 1.29 is 19.1 Å². The molecular weight excluding hydrogens is 384 g/mol. The van der Waals surface area contributed by atoms with Crippen LogP contribution in [0.15, 0.2) is 47.2 Å². The lowest BCUT2D eigenvalue weighted by atomic mass is 10.2. The van der Waals surface area contributed by atoms with E-state index < -0.39 is 5.97 Å². The van der Waals surface area contributed by atoms with E-state index in [1.54, 1.807) is 46.9 Å². The predicted octanol–water partition coefficient (Wildman–Crippen LogP) is 3.57. The summed E-state index contributed by atoms with van der Waals surface area (Å²) in [6, 6.07) is 10.4. The number of ether oxygens (including phenoxy) is 2. The summed E-state index contributed by atoms with van der Waals surface area (Å²) in [5.41, 5.74) is 1.23. The van der Waals surface area contributed by atoms with Crippen molar-refractivity contribution in [3.8, 4) is 5.75 Å². The molecule has 2 heterocycles. The molecule has 0 saturated carbocycles. The highest BCUT2D eigenvalue weighted by Crippen LogP contribution is 2.16. The number of carbonyl (C=O) groups excluding carboxylic acids is 2. The molecule has 2 aromatic heterocycles. The van der Waals surface area contributed by atoms with Crippen LogP contribution in [-0.2, 0) is 22.7 Å². The topological polar surface area (TPSA) is 77.5 Å². The Morgan fingerprint density at radius 1 is 1.15 bits per heavy atom.